The zero-order valence-corrected chi connectivity index (χ0v) is 8.51. The van der Waals surface area contributed by atoms with E-state index in [0.717, 1.165) is 25.1 Å². The highest BCUT2D eigenvalue weighted by Gasteiger charge is 2.38. The second-order valence-corrected chi connectivity index (χ2v) is 4.04. The molecule has 1 aromatic rings. The Morgan fingerprint density at radius 2 is 2.38 bits per heavy atom. The summed E-state index contributed by atoms with van der Waals surface area (Å²) in [5.74, 6) is 0. The molecule has 0 aliphatic heterocycles. The number of rotatable bonds is 2. The molecular formula is C9H14ClN3. The van der Waals surface area contributed by atoms with E-state index in [1.54, 1.807) is 6.33 Å². The summed E-state index contributed by atoms with van der Waals surface area (Å²) in [6.45, 7) is 2.96. The lowest BCUT2D eigenvalue weighted by Gasteiger charge is -2.38. The Bertz CT molecular complexity index is 315. The van der Waals surface area contributed by atoms with Crippen LogP contribution >= 0.6 is 11.6 Å². The number of nitrogens with zero attached hydrogens (tertiary/aromatic N) is 2. The Balaban J connectivity index is 2.42. The standard InChI is InChI=1S/C9H14ClN3/c1-2-13-6-12-8(10)7(13)9(11)4-3-5-9/h6H,2-5,11H2,1H3. The van der Waals surface area contributed by atoms with Crippen LogP contribution in [-0.2, 0) is 12.1 Å². The Labute approximate surface area is 82.9 Å². The van der Waals surface area contributed by atoms with E-state index in [-0.39, 0.29) is 5.54 Å². The van der Waals surface area contributed by atoms with Gasteiger partial charge in [-0.05, 0) is 26.2 Å². The quantitative estimate of drug-likeness (QED) is 0.791. The lowest BCUT2D eigenvalue weighted by atomic mass is 9.75. The van der Waals surface area contributed by atoms with Crippen molar-refractivity contribution in [3.63, 3.8) is 0 Å². The number of aryl methyl sites for hydroxylation is 1. The number of nitrogens with two attached hydrogens (primary N) is 1. The average Bonchev–Trinajstić information content (AvgIpc) is 2.43. The van der Waals surface area contributed by atoms with Crippen LogP contribution in [0, 0.1) is 0 Å². The Morgan fingerprint density at radius 3 is 2.85 bits per heavy atom. The molecule has 3 nitrogen and oxygen atoms in total. The van der Waals surface area contributed by atoms with Gasteiger partial charge in [-0.25, -0.2) is 4.98 Å². The summed E-state index contributed by atoms with van der Waals surface area (Å²) in [4.78, 5) is 4.08. The predicted octanol–water partition coefficient (Wildman–Crippen LogP) is 1.89. The highest BCUT2D eigenvalue weighted by atomic mass is 35.5. The van der Waals surface area contributed by atoms with E-state index in [9.17, 15) is 0 Å². The van der Waals surface area contributed by atoms with Crippen molar-refractivity contribution in [2.75, 3.05) is 0 Å². The number of hydrogen-bond donors (Lipinski definition) is 1. The normalized spacial score (nSPS) is 19.9. The number of imidazole rings is 1. The molecular weight excluding hydrogens is 186 g/mol. The topological polar surface area (TPSA) is 43.8 Å². The molecule has 0 saturated heterocycles. The van der Waals surface area contributed by atoms with Crippen molar-refractivity contribution in [1.29, 1.82) is 0 Å². The highest BCUT2D eigenvalue weighted by Crippen LogP contribution is 2.41. The summed E-state index contributed by atoms with van der Waals surface area (Å²) >= 11 is 6.01. The number of halogens is 1. The third-order valence-corrected chi connectivity index (χ3v) is 3.13. The van der Waals surface area contributed by atoms with E-state index in [1.165, 1.54) is 6.42 Å². The summed E-state index contributed by atoms with van der Waals surface area (Å²) in [5, 5.41) is 0.573. The molecule has 0 unspecified atom stereocenters. The molecule has 72 valence electrons. The van der Waals surface area contributed by atoms with E-state index in [4.69, 9.17) is 17.3 Å². The molecule has 1 aliphatic carbocycles. The first kappa shape index (κ1) is 9.03. The van der Waals surface area contributed by atoms with Crippen LogP contribution in [0.5, 0.6) is 0 Å². The fourth-order valence-electron chi connectivity index (χ4n) is 1.88. The zero-order chi connectivity index (χ0) is 9.47. The predicted molar refractivity (Wildman–Crippen MR) is 52.6 cm³/mol. The van der Waals surface area contributed by atoms with Crippen molar-refractivity contribution in [2.24, 2.45) is 5.73 Å². The van der Waals surface area contributed by atoms with Crippen LogP contribution in [0.25, 0.3) is 0 Å². The largest absolute Gasteiger partial charge is 0.332 e. The lowest BCUT2D eigenvalue weighted by Crippen LogP contribution is -2.45. The molecule has 0 amide bonds. The maximum Gasteiger partial charge on any atom is 0.152 e. The molecule has 0 bridgehead atoms. The molecule has 1 fully saturated rings. The summed E-state index contributed by atoms with van der Waals surface area (Å²) in [7, 11) is 0. The van der Waals surface area contributed by atoms with Gasteiger partial charge in [0, 0.05) is 6.54 Å². The van der Waals surface area contributed by atoms with Crippen LogP contribution in [-0.4, -0.2) is 9.55 Å². The van der Waals surface area contributed by atoms with Crippen molar-refractivity contribution < 1.29 is 0 Å². The summed E-state index contributed by atoms with van der Waals surface area (Å²) in [6, 6.07) is 0. The van der Waals surface area contributed by atoms with Crippen LogP contribution in [0.1, 0.15) is 31.9 Å². The van der Waals surface area contributed by atoms with Crippen LogP contribution in [0.3, 0.4) is 0 Å². The van der Waals surface area contributed by atoms with E-state index < -0.39 is 0 Å². The first-order valence-electron chi connectivity index (χ1n) is 4.67. The average molecular weight is 200 g/mol. The van der Waals surface area contributed by atoms with E-state index in [2.05, 4.69) is 11.9 Å². The zero-order valence-electron chi connectivity index (χ0n) is 7.76. The molecule has 13 heavy (non-hydrogen) atoms. The molecule has 1 heterocycles. The third-order valence-electron chi connectivity index (χ3n) is 2.85. The van der Waals surface area contributed by atoms with Gasteiger partial charge >= 0.3 is 0 Å². The Hall–Kier alpha value is -0.540. The Kier molecular flexibility index (Phi) is 2.08. The molecule has 0 radical (unpaired) electrons. The SMILES string of the molecule is CCn1cnc(Cl)c1C1(N)CCC1. The monoisotopic (exact) mass is 199 g/mol. The smallest absolute Gasteiger partial charge is 0.152 e. The molecule has 2 N–H and O–H groups in total. The minimum absolute atomic E-state index is 0.205. The van der Waals surface area contributed by atoms with Crippen molar-refractivity contribution in [1.82, 2.24) is 9.55 Å². The molecule has 0 aromatic carbocycles. The summed E-state index contributed by atoms with van der Waals surface area (Å²) in [6.07, 6.45) is 5.02. The van der Waals surface area contributed by atoms with Gasteiger partial charge in [0.15, 0.2) is 5.15 Å². The van der Waals surface area contributed by atoms with E-state index >= 15 is 0 Å². The van der Waals surface area contributed by atoms with Crippen molar-refractivity contribution in [2.45, 2.75) is 38.3 Å². The molecule has 1 aromatic heterocycles. The summed E-state index contributed by atoms with van der Waals surface area (Å²) in [5.41, 5.74) is 7.01. The lowest BCUT2D eigenvalue weighted by molar-refractivity contribution is 0.238. The van der Waals surface area contributed by atoms with Crippen molar-refractivity contribution >= 4 is 11.6 Å². The second-order valence-electron chi connectivity index (χ2n) is 3.68. The molecule has 2 rings (SSSR count). The minimum atomic E-state index is -0.205. The first-order valence-corrected chi connectivity index (χ1v) is 5.05. The van der Waals surface area contributed by atoms with Gasteiger partial charge in [0.2, 0.25) is 0 Å². The second kappa shape index (κ2) is 3.00. The minimum Gasteiger partial charge on any atom is -0.332 e. The van der Waals surface area contributed by atoms with Gasteiger partial charge in [-0.3, -0.25) is 0 Å². The fourth-order valence-corrected chi connectivity index (χ4v) is 2.22. The van der Waals surface area contributed by atoms with Crippen LogP contribution < -0.4 is 5.73 Å². The maximum absolute atomic E-state index is 6.20. The van der Waals surface area contributed by atoms with Crippen LogP contribution in [0.4, 0.5) is 0 Å². The van der Waals surface area contributed by atoms with Gasteiger partial charge in [0.1, 0.15) is 0 Å². The van der Waals surface area contributed by atoms with Crippen molar-refractivity contribution in [3.05, 3.63) is 17.2 Å². The molecule has 1 aliphatic rings. The third kappa shape index (κ3) is 1.27. The Morgan fingerprint density at radius 1 is 1.69 bits per heavy atom. The molecule has 1 saturated carbocycles. The van der Waals surface area contributed by atoms with Gasteiger partial charge < -0.3 is 10.3 Å². The van der Waals surface area contributed by atoms with E-state index in [0.29, 0.717) is 5.15 Å². The van der Waals surface area contributed by atoms with Crippen LogP contribution in [0.2, 0.25) is 5.15 Å². The first-order chi connectivity index (χ1) is 6.17. The summed E-state index contributed by atoms with van der Waals surface area (Å²) < 4.78 is 2.04. The van der Waals surface area contributed by atoms with Gasteiger partial charge in [0.05, 0.1) is 17.6 Å². The highest BCUT2D eigenvalue weighted by molar-refractivity contribution is 6.30. The van der Waals surface area contributed by atoms with E-state index in [1.807, 2.05) is 4.57 Å². The maximum atomic E-state index is 6.20. The van der Waals surface area contributed by atoms with Crippen LogP contribution in [0.15, 0.2) is 6.33 Å². The van der Waals surface area contributed by atoms with Gasteiger partial charge in [-0.1, -0.05) is 11.6 Å². The number of hydrogen-bond acceptors (Lipinski definition) is 2. The number of aromatic nitrogens is 2. The molecule has 0 atom stereocenters. The van der Waals surface area contributed by atoms with Gasteiger partial charge in [0.25, 0.3) is 0 Å². The fraction of sp³-hybridized carbons (Fsp3) is 0.667. The van der Waals surface area contributed by atoms with Gasteiger partial charge in [-0.2, -0.15) is 0 Å². The molecule has 0 spiro atoms. The molecule has 4 heteroatoms. The van der Waals surface area contributed by atoms with Crippen molar-refractivity contribution in [3.8, 4) is 0 Å². The van der Waals surface area contributed by atoms with Gasteiger partial charge in [-0.15, -0.1) is 0 Å².